The van der Waals surface area contributed by atoms with Gasteiger partial charge in [0, 0.05) is 4.90 Å². The molecule has 1 rings (SSSR count). The van der Waals surface area contributed by atoms with Crippen molar-refractivity contribution in [2.75, 3.05) is 12.3 Å². The molecule has 15 heavy (non-hydrogen) atoms. The van der Waals surface area contributed by atoms with Gasteiger partial charge < -0.3 is 0 Å². The molecule has 0 spiro atoms. The minimum Gasteiger partial charge on any atom is -0.0905 e. The molecule has 0 aliphatic carbocycles. The lowest BCUT2D eigenvalue weighted by Crippen LogP contribution is -2.27. The summed E-state index contributed by atoms with van der Waals surface area (Å²) >= 11 is 0. The van der Waals surface area contributed by atoms with Crippen LogP contribution in [0.1, 0.15) is 55.4 Å². The molecule has 0 amide bonds. The summed E-state index contributed by atoms with van der Waals surface area (Å²) in [6.45, 7) is 19.8. The highest BCUT2D eigenvalue weighted by Gasteiger charge is 2.50. The van der Waals surface area contributed by atoms with Crippen LogP contribution in [0.5, 0.6) is 0 Å². The van der Waals surface area contributed by atoms with Crippen molar-refractivity contribution in [1.29, 1.82) is 0 Å². The Labute approximate surface area is 99.1 Å². The van der Waals surface area contributed by atoms with Gasteiger partial charge in [-0.15, -0.1) is 0 Å². The van der Waals surface area contributed by atoms with Gasteiger partial charge in [-0.25, -0.2) is 0 Å². The molecule has 0 radical (unpaired) electrons. The van der Waals surface area contributed by atoms with E-state index in [1.165, 1.54) is 12.3 Å². The van der Waals surface area contributed by atoms with Gasteiger partial charge in [-0.3, -0.25) is 0 Å². The van der Waals surface area contributed by atoms with E-state index in [4.69, 9.17) is 0 Å². The monoisotopic (exact) mass is 246 g/mol. The summed E-state index contributed by atoms with van der Waals surface area (Å²) in [5.74, 6) is 0. The van der Waals surface area contributed by atoms with Crippen LogP contribution in [-0.4, -0.2) is 27.5 Å². The Kier molecular flexibility index (Phi) is 3.67. The maximum Gasteiger partial charge on any atom is 0.00593 e. The van der Waals surface area contributed by atoms with Crippen LogP contribution in [0.25, 0.3) is 0 Å². The smallest absolute Gasteiger partial charge is 0.00593 e. The van der Waals surface area contributed by atoms with E-state index >= 15 is 0 Å². The Morgan fingerprint density at radius 2 is 1.00 bits per heavy atom. The molecule has 1 fully saturated rings. The maximum absolute atomic E-state index is 2.55. The zero-order valence-corrected chi connectivity index (χ0v) is 13.6. The lowest BCUT2D eigenvalue weighted by Gasteiger charge is -2.45. The van der Waals surface area contributed by atoms with E-state index in [9.17, 15) is 0 Å². The standard InChI is InChI=1S/C13H28P2/c1-11(2,3)14-9-10-15(12(4,5)6)13(14,7)8/h9-10H2,1-8H3. The van der Waals surface area contributed by atoms with Crippen LogP contribution < -0.4 is 0 Å². The number of hydrogen-bond acceptors (Lipinski definition) is 0. The molecule has 1 aliphatic heterocycles. The van der Waals surface area contributed by atoms with Gasteiger partial charge in [-0.2, -0.15) is 0 Å². The molecule has 2 heteroatoms. The molecule has 0 aromatic rings. The van der Waals surface area contributed by atoms with Crippen molar-refractivity contribution in [2.24, 2.45) is 0 Å². The quantitative estimate of drug-likeness (QED) is 0.509. The van der Waals surface area contributed by atoms with Gasteiger partial charge in [0.2, 0.25) is 0 Å². The van der Waals surface area contributed by atoms with Crippen LogP contribution >= 0.6 is 15.8 Å². The summed E-state index contributed by atoms with van der Waals surface area (Å²) in [5.41, 5.74) is 0. The van der Waals surface area contributed by atoms with Crippen LogP contribution in [0.15, 0.2) is 0 Å². The fraction of sp³-hybridized carbons (Fsp3) is 1.00. The summed E-state index contributed by atoms with van der Waals surface area (Å²) in [6.07, 6.45) is 3.02. The second-order valence-electron chi connectivity index (χ2n) is 7.14. The third-order valence-electron chi connectivity index (χ3n) is 3.49. The predicted molar refractivity (Wildman–Crippen MR) is 77.2 cm³/mol. The predicted octanol–water partition coefficient (Wildman–Crippen LogP) is 5.30. The lowest BCUT2D eigenvalue weighted by atomic mass is 10.3. The summed E-state index contributed by atoms with van der Waals surface area (Å²) in [5, 5.41) is 1.09. The zero-order chi connectivity index (χ0) is 12.1. The molecule has 1 saturated heterocycles. The molecule has 0 saturated carbocycles. The van der Waals surface area contributed by atoms with Gasteiger partial charge in [0.15, 0.2) is 0 Å². The van der Waals surface area contributed by atoms with Gasteiger partial charge in [-0.05, 0) is 22.6 Å². The van der Waals surface area contributed by atoms with Crippen molar-refractivity contribution < 1.29 is 0 Å². The van der Waals surface area contributed by atoms with Crippen LogP contribution in [-0.2, 0) is 0 Å². The van der Waals surface area contributed by atoms with Crippen LogP contribution in [0.2, 0.25) is 0 Å². The summed E-state index contributed by atoms with van der Waals surface area (Å²) in [4.78, 5) is 0.626. The Morgan fingerprint density at radius 1 is 0.733 bits per heavy atom. The highest BCUT2D eigenvalue weighted by molar-refractivity contribution is 7.82. The van der Waals surface area contributed by atoms with Crippen molar-refractivity contribution in [3.05, 3.63) is 0 Å². The second-order valence-corrected chi connectivity index (χ2v) is 15.0. The largest absolute Gasteiger partial charge is 0.0905 e. The first-order chi connectivity index (χ1) is 6.47. The van der Waals surface area contributed by atoms with Crippen molar-refractivity contribution >= 4 is 15.8 Å². The molecule has 0 bridgehead atoms. The molecule has 1 heterocycles. The average molecular weight is 246 g/mol. The third kappa shape index (κ3) is 2.76. The van der Waals surface area contributed by atoms with Gasteiger partial charge >= 0.3 is 0 Å². The summed E-state index contributed by atoms with van der Waals surface area (Å²) < 4.78 is 0. The Balaban J connectivity index is 2.95. The molecule has 0 N–H and O–H groups in total. The Bertz CT molecular complexity index is 206. The molecule has 90 valence electrons. The van der Waals surface area contributed by atoms with Gasteiger partial charge in [0.25, 0.3) is 0 Å². The highest BCUT2D eigenvalue weighted by Crippen LogP contribution is 2.80. The van der Waals surface area contributed by atoms with Crippen molar-refractivity contribution in [1.82, 2.24) is 0 Å². The first-order valence-electron chi connectivity index (χ1n) is 6.03. The molecule has 2 atom stereocenters. The highest BCUT2D eigenvalue weighted by atomic mass is 31.2. The van der Waals surface area contributed by atoms with Crippen molar-refractivity contribution in [2.45, 2.75) is 70.6 Å². The molecule has 0 nitrogen and oxygen atoms in total. The molecule has 0 aromatic carbocycles. The van der Waals surface area contributed by atoms with E-state index in [0.717, 1.165) is 0 Å². The second kappa shape index (κ2) is 3.96. The summed E-state index contributed by atoms with van der Waals surface area (Å²) in [6, 6.07) is 0. The molecule has 0 aromatic heterocycles. The fourth-order valence-electron chi connectivity index (χ4n) is 3.21. The lowest BCUT2D eigenvalue weighted by molar-refractivity contribution is 0.744. The van der Waals surface area contributed by atoms with E-state index in [2.05, 4.69) is 55.4 Å². The first kappa shape index (κ1) is 13.9. The molecular weight excluding hydrogens is 218 g/mol. The maximum atomic E-state index is 2.55. The number of hydrogen-bond donors (Lipinski definition) is 0. The third-order valence-corrected chi connectivity index (χ3v) is 12.5. The van der Waals surface area contributed by atoms with E-state index in [0.29, 0.717) is 15.2 Å². The Morgan fingerprint density at radius 3 is 1.13 bits per heavy atom. The molecular formula is C13H28P2. The van der Waals surface area contributed by atoms with Gasteiger partial charge in [0.05, 0.1) is 0 Å². The first-order valence-corrected chi connectivity index (χ1v) is 9.08. The minimum atomic E-state index is 0.196. The normalized spacial score (nSPS) is 32.0. The minimum absolute atomic E-state index is 0.196. The molecule has 1 aliphatic rings. The van der Waals surface area contributed by atoms with E-state index in [1.807, 2.05) is 0 Å². The van der Waals surface area contributed by atoms with E-state index in [-0.39, 0.29) is 15.8 Å². The summed E-state index contributed by atoms with van der Waals surface area (Å²) in [7, 11) is 0.392. The Hall–Kier alpha value is 0.860. The van der Waals surface area contributed by atoms with Crippen LogP contribution in [0, 0.1) is 0 Å². The molecule has 2 unspecified atom stereocenters. The topological polar surface area (TPSA) is 0 Å². The van der Waals surface area contributed by atoms with Crippen LogP contribution in [0.4, 0.5) is 0 Å². The SMILES string of the molecule is CC(C)(C)P1CCP(C(C)(C)C)C1(C)C. The van der Waals surface area contributed by atoms with Crippen molar-refractivity contribution in [3.8, 4) is 0 Å². The van der Waals surface area contributed by atoms with Gasteiger partial charge in [0.1, 0.15) is 0 Å². The average Bonchev–Trinajstić information content (AvgIpc) is 2.21. The fourth-order valence-corrected chi connectivity index (χ4v) is 14.1. The zero-order valence-electron chi connectivity index (χ0n) is 11.8. The van der Waals surface area contributed by atoms with Crippen molar-refractivity contribution in [3.63, 3.8) is 0 Å². The van der Waals surface area contributed by atoms with E-state index < -0.39 is 0 Å². The van der Waals surface area contributed by atoms with Crippen LogP contribution in [0.3, 0.4) is 0 Å². The number of rotatable bonds is 0. The van der Waals surface area contributed by atoms with E-state index in [1.54, 1.807) is 0 Å². The van der Waals surface area contributed by atoms with Gasteiger partial charge in [-0.1, -0.05) is 71.2 Å².